The first-order valence-electron chi connectivity index (χ1n) is 8.82. The molecule has 0 atom stereocenters. The monoisotopic (exact) mass is 459 g/mol. The highest BCUT2D eigenvalue weighted by atomic mass is 35.5. The Kier molecular flexibility index (Phi) is 6.12. The van der Waals surface area contributed by atoms with E-state index < -0.39 is 0 Å². The molecule has 1 N–H and O–H groups in total. The first-order valence-corrected chi connectivity index (χ1v) is 11.0. The third-order valence-corrected chi connectivity index (χ3v) is 6.65. The Bertz CT molecular complexity index is 1200. The number of hydrogen-bond donors (Lipinski definition) is 1. The maximum atomic E-state index is 13.1. The van der Waals surface area contributed by atoms with Crippen molar-refractivity contribution < 1.29 is 9.18 Å². The topological polar surface area (TPSA) is 72.2 Å². The number of amides is 1. The number of aryl methyl sites for hydroxylation is 1. The molecule has 6 nitrogen and oxygen atoms in total. The average Bonchev–Trinajstić information content (AvgIpc) is 3.28. The van der Waals surface area contributed by atoms with E-state index in [2.05, 4.69) is 20.6 Å². The third kappa shape index (κ3) is 4.53. The highest BCUT2D eigenvalue weighted by molar-refractivity contribution is 8.01. The minimum absolute atomic E-state index is 0.193. The van der Waals surface area contributed by atoms with Crippen LogP contribution in [0.15, 0.2) is 58.0 Å². The second kappa shape index (κ2) is 8.95. The molecule has 30 heavy (non-hydrogen) atoms. The summed E-state index contributed by atoms with van der Waals surface area (Å²) in [5.74, 6) is -0.402. The average molecular weight is 460 g/mol. The van der Waals surface area contributed by atoms with Crippen molar-refractivity contribution in [3.05, 3.63) is 70.8 Å². The minimum Gasteiger partial charge on any atom is -0.272 e. The first kappa shape index (κ1) is 20.5. The fourth-order valence-corrected chi connectivity index (χ4v) is 4.83. The second-order valence-electron chi connectivity index (χ2n) is 6.21. The molecular weight excluding hydrogens is 445 g/mol. The van der Waals surface area contributed by atoms with Gasteiger partial charge in [0.15, 0.2) is 4.34 Å². The number of hydrogen-bond acceptors (Lipinski definition) is 6. The number of benzene rings is 2. The van der Waals surface area contributed by atoms with Crippen LogP contribution in [-0.2, 0) is 4.79 Å². The Labute approximate surface area is 184 Å². The van der Waals surface area contributed by atoms with Crippen LogP contribution in [0.1, 0.15) is 11.3 Å². The molecule has 0 bridgehead atoms. The van der Waals surface area contributed by atoms with Gasteiger partial charge in [0, 0.05) is 0 Å². The lowest BCUT2D eigenvalue weighted by Gasteiger charge is -2.02. The van der Waals surface area contributed by atoms with Crippen molar-refractivity contribution in [3.63, 3.8) is 0 Å². The van der Waals surface area contributed by atoms with Crippen LogP contribution in [0.25, 0.3) is 15.9 Å². The van der Waals surface area contributed by atoms with Crippen LogP contribution in [0.4, 0.5) is 4.39 Å². The number of carbonyl (C=O) groups excluding carboxylic acids is 1. The lowest BCUT2D eigenvalue weighted by molar-refractivity contribution is -0.118. The summed E-state index contributed by atoms with van der Waals surface area (Å²) in [6.45, 7) is 1.78. The van der Waals surface area contributed by atoms with Gasteiger partial charge in [-0.3, -0.25) is 4.79 Å². The van der Waals surface area contributed by atoms with Crippen LogP contribution in [0.2, 0.25) is 5.15 Å². The molecule has 4 rings (SSSR count). The molecule has 2 aromatic carbocycles. The van der Waals surface area contributed by atoms with Crippen molar-refractivity contribution in [1.29, 1.82) is 0 Å². The van der Waals surface area contributed by atoms with E-state index in [1.807, 2.05) is 24.3 Å². The number of thioether (sulfide) groups is 1. The van der Waals surface area contributed by atoms with E-state index in [4.69, 9.17) is 11.6 Å². The van der Waals surface area contributed by atoms with Crippen molar-refractivity contribution in [2.75, 3.05) is 5.75 Å². The SMILES string of the molecule is Cc1nn(-c2ccc(F)cc2)c(Cl)c1/C=N/NC(=O)CSc1nc2ccccc2s1. The maximum Gasteiger partial charge on any atom is 0.250 e. The van der Waals surface area contributed by atoms with Gasteiger partial charge in [0.25, 0.3) is 5.91 Å². The lowest BCUT2D eigenvalue weighted by atomic mass is 10.3. The molecule has 0 spiro atoms. The van der Waals surface area contributed by atoms with Crippen molar-refractivity contribution in [2.24, 2.45) is 5.10 Å². The molecule has 0 saturated carbocycles. The highest BCUT2D eigenvalue weighted by Crippen LogP contribution is 2.29. The normalized spacial score (nSPS) is 11.4. The number of aromatic nitrogens is 3. The summed E-state index contributed by atoms with van der Waals surface area (Å²) < 4.78 is 16.5. The second-order valence-corrected chi connectivity index (χ2v) is 8.82. The van der Waals surface area contributed by atoms with Crippen LogP contribution in [0.5, 0.6) is 0 Å². The van der Waals surface area contributed by atoms with E-state index >= 15 is 0 Å². The molecule has 0 aliphatic carbocycles. The number of thiazole rings is 1. The smallest absolute Gasteiger partial charge is 0.250 e. The number of nitrogens with zero attached hydrogens (tertiary/aromatic N) is 4. The molecule has 2 aromatic heterocycles. The molecule has 0 unspecified atom stereocenters. The quantitative estimate of drug-likeness (QED) is 0.255. The molecule has 10 heteroatoms. The molecule has 1 amide bonds. The summed E-state index contributed by atoms with van der Waals surface area (Å²) in [4.78, 5) is 16.6. The Morgan fingerprint density at radius 1 is 1.30 bits per heavy atom. The zero-order valence-electron chi connectivity index (χ0n) is 15.7. The molecule has 2 heterocycles. The molecular formula is C20H15ClFN5OS2. The van der Waals surface area contributed by atoms with Crippen molar-refractivity contribution in [2.45, 2.75) is 11.3 Å². The molecule has 4 aromatic rings. The number of hydrazone groups is 1. The lowest BCUT2D eigenvalue weighted by Crippen LogP contribution is -2.19. The van der Waals surface area contributed by atoms with Crippen molar-refractivity contribution >= 4 is 57.0 Å². The first-order chi connectivity index (χ1) is 14.5. The predicted molar refractivity (Wildman–Crippen MR) is 119 cm³/mol. The van der Waals surface area contributed by atoms with E-state index in [-0.39, 0.29) is 17.5 Å². The van der Waals surface area contributed by atoms with E-state index in [1.165, 1.54) is 34.8 Å². The number of para-hydroxylation sites is 1. The van der Waals surface area contributed by atoms with Crippen LogP contribution in [0.3, 0.4) is 0 Å². The van der Waals surface area contributed by atoms with Gasteiger partial charge in [0.05, 0.1) is 39.1 Å². The standard InChI is InChI=1S/C20H15ClFN5OS2/c1-12-15(19(21)27(26-12)14-8-6-13(22)7-9-14)10-23-25-18(28)11-29-20-24-16-4-2-3-5-17(16)30-20/h2-10H,11H2,1H3,(H,25,28)/b23-10+. The summed E-state index contributed by atoms with van der Waals surface area (Å²) in [5.41, 5.74) is 5.24. The Hall–Kier alpha value is -2.75. The molecule has 0 aliphatic rings. The number of halogens is 2. The summed E-state index contributed by atoms with van der Waals surface area (Å²) >= 11 is 9.30. The fraction of sp³-hybridized carbons (Fsp3) is 0.100. The highest BCUT2D eigenvalue weighted by Gasteiger charge is 2.13. The van der Waals surface area contributed by atoms with E-state index in [9.17, 15) is 9.18 Å². The third-order valence-electron chi connectivity index (χ3n) is 4.10. The van der Waals surface area contributed by atoms with Gasteiger partial charge >= 0.3 is 0 Å². The van der Waals surface area contributed by atoms with Gasteiger partial charge in [0.2, 0.25) is 0 Å². The van der Waals surface area contributed by atoms with Gasteiger partial charge < -0.3 is 0 Å². The number of rotatable bonds is 6. The molecule has 0 saturated heterocycles. The van der Waals surface area contributed by atoms with Gasteiger partial charge in [-0.15, -0.1) is 11.3 Å². The predicted octanol–water partition coefficient (Wildman–Crippen LogP) is 4.83. The number of fused-ring (bicyclic) bond motifs is 1. The summed E-state index contributed by atoms with van der Waals surface area (Å²) in [5, 5.41) is 8.66. The van der Waals surface area contributed by atoms with Crippen LogP contribution in [0, 0.1) is 12.7 Å². The zero-order valence-corrected chi connectivity index (χ0v) is 18.1. The summed E-state index contributed by atoms with van der Waals surface area (Å²) in [6, 6.07) is 13.7. The summed E-state index contributed by atoms with van der Waals surface area (Å²) in [6.07, 6.45) is 1.45. The Morgan fingerprint density at radius 3 is 2.83 bits per heavy atom. The van der Waals surface area contributed by atoms with E-state index in [1.54, 1.807) is 30.4 Å². The van der Waals surface area contributed by atoms with Gasteiger partial charge in [0.1, 0.15) is 11.0 Å². The van der Waals surface area contributed by atoms with Crippen molar-refractivity contribution in [3.8, 4) is 5.69 Å². The van der Waals surface area contributed by atoms with Crippen LogP contribution < -0.4 is 5.43 Å². The van der Waals surface area contributed by atoms with Crippen LogP contribution >= 0.6 is 34.7 Å². The van der Waals surface area contributed by atoms with Crippen LogP contribution in [-0.4, -0.2) is 32.6 Å². The van der Waals surface area contributed by atoms with Gasteiger partial charge in [-0.25, -0.2) is 19.5 Å². The Morgan fingerprint density at radius 2 is 2.07 bits per heavy atom. The maximum absolute atomic E-state index is 13.1. The minimum atomic E-state index is -0.341. The number of carbonyl (C=O) groups is 1. The molecule has 0 radical (unpaired) electrons. The Balaban J connectivity index is 1.38. The molecule has 0 aliphatic heterocycles. The van der Waals surface area contributed by atoms with Crippen molar-refractivity contribution in [1.82, 2.24) is 20.2 Å². The largest absolute Gasteiger partial charge is 0.272 e. The summed E-state index contributed by atoms with van der Waals surface area (Å²) in [7, 11) is 0. The number of nitrogens with one attached hydrogen (secondary N) is 1. The van der Waals surface area contributed by atoms with Gasteiger partial charge in [-0.05, 0) is 43.3 Å². The molecule has 0 fully saturated rings. The zero-order chi connectivity index (χ0) is 21.1. The molecule has 152 valence electrons. The fourth-order valence-electron chi connectivity index (χ4n) is 2.65. The van der Waals surface area contributed by atoms with E-state index in [0.29, 0.717) is 22.1 Å². The van der Waals surface area contributed by atoms with Gasteiger partial charge in [-0.2, -0.15) is 10.2 Å². The van der Waals surface area contributed by atoms with E-state index in [0.717, 1.165) is 14.6 Å². The van der Waals surface area contributed by atoms with Gasteiger partial charge in [-0.1, -0.05) is 35.5 Å².